The molecule has 214 valence electrons. The molecule has 0 radical (unpaired) electrons. The van der Waals surface area contributed by atoms with E-state index >= 15 is 0 Å². The fraction of sp³-hybridized carbons (Fsp3) is 0.129. The highest BCUT2D eigenvalue weighted by Gasteiger charge is 2.15. The van der Waals surface area contributed by atoms with Crippen LogP contribution >= 0.6 is 11.3 Å². The Hall–Kier alpha value is -5.12. The summed E-state index contributed by atoms with van der Waals surface area (Å²) in [5.41, 5.74) is 6.35. The molecule has 0 amide bonds. The van der Waals surface area contributed by atoms with Crippen LogP contribution in [0.1, 0.15) is 22.3 Å². The first kappa shape index (κ1) is 28.0. The third-order valence-corrected chi connectivity index (χ3v) is 8.75. The summed E-state index contributed by atoms with van der Waals surface area (Å²) < 4.78 is 32.2. The molecule has 1 N–H and O–H groups in total. The summed E-state index contributed by atoms with van der Waals surface area (Å²) in [6.07, 6.45) is 3.03. The minimum Gasteiger partial charge on any atom is -0.437 e. The largest absolute Gasteiger partial charge is 0.437 e. The predicted octanol–water partition coefficient (Wildman–Crippen LogP) is 6.43. The lowest BCUT2D eigenvalue weighted by Gasteiger charge is -2.13. The molecular formula is C31H25N7O3S2. The Morgan fingerprint density at radius 3 is 2.40 bits per heavy atom. The smallest absolute Gasteiger partial charge is 0.242 e. The molecule has 0 aliphatic heterocycles. The van der Waals surface area contributed by atoms with Crippen LogP contribution in [0.2, 0.25) is 0 Å². The minimum atomic E-state index is -3.24. The summed E-state index contributed by atoms with van der Waals surface area (Å²) in [4.78, 5) is 9.61. The number of aryl methyl sites for hydroxylation is 2. The second-order valence-corrected chi connectivity index (χ2v) is 13.0. The van der Waals surface area contributed by atoms with Gasteiger partial charge in [0.05, 0.1) is 34.8 Å². The van der Waals surface area contributed by atoms with Gasteiger partial charge in [-0.1, -0.05) is 29.5 Å². The number of nitriles is 1. The van der Waals surface area contributed by atoms with Crippen LogP contribution in [-0.4, -0.2) is 39.6 Å². The second-order valence-electron chi connectivity index (χ2n) is 10.1. The van der Waals surface area contributed by atoms with Crippen molar-refractivity contribution in [1.29, 1.82) is 5.26 Å². The molecule has 0 bridgehead atoms. The molecule has 6 rings (SSSR count). The van der Waals surface area contributed by atoms with E-state index in [9.17, 15) is 13.7 Å². The van der Waals surface area contributed by atoms with Crippen molar-refractivity contribution in [3.8, 4) is 29.0 Å². The number of benzene rings is 3. The highest BCUT2D eigenvalue weighted by molar-refractivity contribution is 7.90. The van der Waals surface area contributed by atoms with Gasteiger partial charge in [0.2, 0.25) is 11.8 Å². The van der Waals surface area contributed by atoms with Crippen molar-refractivity contribution < 1.29 is 13.2 Å². The van der Waals surface area contributed by atoms with Gasteiger partial charge in [0, 0.05) is 17.5 Å². The molecule has 0 saturated heterocycles. The molecule has 0 aliphatic rings. The zero-order chi connectivity index (χ0) is 30.1. The van der Waals surface area contributed by atoms with Gasteiger partial charge in [0.15, 0.2) is 9.84 Å². The van der Waals surface area contributed by atoms with Gasteiger partial charge in [-0.25, -0.2) is 18.1 Å². The van der Waals surface area contributed by atoms with Crippen LogP contribution in [0.25, 0.3) is 21.5 Å². The van der Waals surface area contributed by atoms with E-state index in [1.54, 1.807) is 41.1 Å². The summed E-state index contributed by atoms with van der Waals surface area (Å²) in [6, 6.07) is 22.1. The van der Waals surface area contributed by atoms with E-state index in [-0.39, 0.29) is 4.90 Å². The molecule has 3 heterocycles. The first-order chi connectivity index (χ1) is 20.7. The molecule has 10 nitrogen and oxygen atoms in total. The number of sulfone groups is 1. The van der Waals surface area contributed by atoms with Crippen molar-refractivity contribution in [1.82, 2.24) is 25.0 Å². The number of hydrogen-bond donors (Lipinski definition) is 1. The minimum absolute atomic E-state index is 0.283. The van der Waals surface area contributed by atoms with Gasteiger partial charge in [-0.3, -0.25) is 0 Å². The molecule has 3 aromatic heterocycles. The summed E-state index contributed by atoms with van der Waals surface area (Å²) in [6.45, 7) is 4.28. The third kappa shape index (κ3) is 6.08. The Bertz CT molecular complexity index is 2090. The Kier molecular flexibility index (Phi) is 7.35. The molecule has 0 saturated carbocycles. The third-order valence-electron chi connectivity index (χ3n) is 6.73. The summed E-state index contributed by atoms with van der Waals surface area (Å²) >= 11 is 1.50. The SMILES string of the molecule is Cc1cc(C#N)cc(C)c1Oc1nc(Nc2ccc(-c3cn(Cc4ccc(S(C)(=O)=O)cc4)nn3)cc2)nc2ccsc12. The number of thiophene rings is 1. The fourth-order valence-electron chi connectivity index (χ4n) is 4.62. The van der Waals surface area contributed by atoms with Gasteiger partial charge < -0.3 is 10.1 Å². The van der Waals surface area contributed by atoms with Crippen molar-refractivity contribution >= 4 is 43.0 Å². The number of aromatic nitrogens is 5. The highest BCUT2D eigenvalue weighted by atomic mass is 32.2. The van der Waals surface area contributed by atoms with Gasteiger partial charge >= 0.3 is 0 Å². The Morgan fingerprint density at radius 2 is 1.72 bits per heavy atom. The molecule has 6 aromatic rings. The van der Waals surface area contributed by atoms with Crippen molar-refractivity contribution in [3.63, 3.8) is 0 Å². The molecule has 0 fully saturated rings. The van der Waals surface area contributed by atoms with Crippen LogP contribution in [0.5, 0.6) is 11.6 Å². The second kappa shape index (κ2) is 11.3. The van der Waals surface area contributed by atoms with Crippen molar-refractivity contribution in [3.05, 3.63) is 101 Å². The standard InChI is InChI=1S/C31H25N7O3S2/c1-19-14-22(16-32)15-20(2)28(19)41-30-29-26(12-13-42-29)34-31(35-30)33-24-8-6-23(7-9-24)27-18-38(37-36-27)17-21-4-10-25(11-5-21)43(3,39)40/h4-15,18H,17H2,1-3H3,(H,33,34,35). The number of hydrogen-bond acceptors (Lipinski definition) is 10. The quantitative estimate of drug-likeness (QED) is 0.208. The predicted molar refractivity (Wildman–Crippen MR) is 166 cm³/mol. The number of nitrogens with one attached hydrogen (secondary N) is 1. The first-order valence-corrected chi connectivity index (χ1v) is 15.9. The molecule has 0 unspecified atom stereocenters. The van der Waals surface area contributed by atoms with Gasteiger partial charge in [0.1, 0.15) is 16.1 Å². The van der Waals surface area contributed by atoms with Crippen molar-refractivity contribution in [2.24, 2.45) is 0 Å². The van der Waals surface area contributed by atoms with E-state index in [1.807, 2.05) is 55.8 Å². The van der Waals surface area contributed by atoms with Crippen LogP contribution in [-0.2, 0) is 16.4 Å². The molecular weight excluding hydrogens is 583 g/mol. The van der Waals surface area contributed by atoms with Gasteiger partial charge in [-0.05, 0) is 78.4 Å². The fourth-order valence-corrected chi connectivity index (χ4v) is 6.01. The maximum Gasteiger partial charge on any atom is 0.242 e. The summed E-state index contributed by atoms with van der Waals surface area (Å²) in [5.74, 6) is 1.50. The van der Waals surface area contributed by atoms with Crippen LogP contribution in [0.4, 0.5) is 11.6 Å². The Labute approximate surface area is 252 Å². The number of fused-ring (bicyclic) bond motifs is 1. The van der Waals surface area contributed by atoms with E-state index in [2.05, 4.69) is 31.7 Å². The average Bonchev–Trinajstić information content (AvgIpc) is 3.65. The van der Waals surface area contributed by atoms with Crippen LogP contribution in [0, 0.1) is 25.2 Å². The van der Waals surface area contributed by atoms with Crippen LogP contribution < -0.4 is 10.1 Å². The molecule has 0 atom stereocenters. The van der Waals surface area contributed by atoms with Crippen LogP contribution in [0.15, 0.2) is 83.2 Å². The number of ether oxygens (including phenoxy) is 1. The Balaban J connectivity index is 1.18. The van der Waals surface area contributed by atoms with E-state index in [1.165, 1.54) is 17.6 Å². The van der Waals surface area contributed by atoms with E-state index in [0.717, 1.165) is 38.2 Å². The summed E-state index contributed by atoms with van der Waals surface area (Å²) in [5, 5.41) is 23.0. The molecule has 0 spiro atoms. The van der Waals surface area contributed by atoms with E-state index in [4.69, 9.17) is 4.74 Å². The topological polar surface area (TPSA) is 136 Å². The Morgan fingerprint density at radius 1 is 1.00 bits per heavy atom. The molecule has 3 aromatic carbocycles. The zero-order valence-electron chi connectivity index (χ0n) is 23.4. The van der Waals surface area contributed by atoms with Crippen molar-refractivity contribution in [2.45, 2.75) is 25.3 Å². The normalized spacial score (nSPS) is 11.4. The zero-order valence-corrected chi connectivity index (χ0v) is 25.1. The lowest BCUT2D eigenvalue weighted by atomic mass is 10.1. The van der Waals surface area contributed by atoms with Crippen molar-refractivity contribution in [2.75, 3.05) is 11.6 Å². The highest BCUT2D eigenvalue weighted by Crippen LogP contribution is 2.36. The van der Waals surface area contributed by atoms with E-state index in [0.29, 0.717) is 35.4 Å². The lowest BCUT2D eigenvalue weighted by molar-refractivity contribution is 0.463. The maximum absolute atomic E-state index is 11.7. The number of rotatable bonds is 8. The van der Waals surface area contributed by atoms with Gasteiger partial charge in [0.25, 0.3) is 0 Å². The number of anilines is 2. The molecule has 43 heavy (non-hydrogen) atoms. The van der Waals surface area contributed by atoms with Crippen LogP contribution in [0.3, 0.4) is 0 Å². The van der Waals surface area contributed by atoms with E-state index < -0.39 is 9.84 Å². The monoisotopic (exact) mass is 607 g/mol. The average molecular weight is 608 g/mol. The van der Waals surface area contributed by atoms with Gasteiger partial charge in [-0.15, -0.1) is 16.4 Å². The molecule has 12 heteroatoms. The first-order valence-electron chi connectivity index (χ1n) is 13.2. The van der Waals surface area contributed by atoms with Gasteiger partial charge in [-0.2, -0.15) is 10.2 Å². The number of nitrogens with zero attached hydrogens (tertiary/aromatic N) is 6. The maximum atomic E-state index is 11.7. The molecule has 0 aliphatic carbocycles. The lowest BCUT2D eigenvalue weighted by Crippen LogP contribution is -2.02. The summed E-state index contributed by atoms with van der Waals surface area (Å²) in [7, 11) is -3.24.